The highest BCUT2D eigenvalue weighted by Gasteiger charge is 2.52. The van der Waals surface area contributed by atoms with Gasteiger partial charge in [-0.2, -0.15) is 0 Å². The minimum Gasteiger partial charge on any atom is -0.398 e. The Hall–Kier alpha value is -1.13. The molecule has 1 saturated heterocycles. The zero-order valence-corrected chi connectivity index (χ0v) is 11.2. The van der Waals surface area contributed by atoms with Crippen molar-refractivity contribution >= 4 is 13.2 Å². The van der Waals surface area contributed by atoms with E-state index in [2.05, 4.69) is 0 Å². The predicted octanol–water partition coefficient (Wildman–Crippen LogP) is 3.63. The van der Waals surface area contributed by atoms with E-state index in [1.165, 1.54) is 6.08 Å². The molecular formula is C14H18BFO2. The summed E-state index contributed by atoms with van der Waals surface area (Å²) in [7, 11) is -0.921. The topological polar surface area (TPSA) is 18.5 Å². The molecule has 1 fully saturated rings. The van der Waals surface area contributed by atoms with Gasteiger partial charge in [-0.3, -0.25) is 0 Å². The van der Waals surface area contributed by atoms with Gasteiger partial charge < -0.3 is 9.31 Å². The van der Waals surface area contributed by atoms with Crippen molar-refractivity contribution < 1.29 is 13.7 Å². The molecule has 2 rings (SSSR count). The molecule has 0 bridgehead atoms. The Morgan fingerprint density at radius 2 is 1.56 bits per heavy atom. The summed E-state index contributed by atoms with van der Waals surface area (Å²) in [6.07, 6.45) is 1.45. The van der Waals surface area contributed by atoms with Crippen molar-refractivity contribution in [1.82, 2.24) is 0 Å². The van der Waals surface area contributed by atoms with Gasteiger partial charge in [0.25, 0.3) is 0 Å². The van der Waals surface area contributed by atoms with Gasteiger partial charge in [-0.05, 0) is 39.3 Å². The second-order valence-corrected chi connectivity index (χ2v) is 5.53. The van der Waals surface area contributed by atoms with Crippen molar-refractivity contribution in [3.05, 3.63) is 41.6 Å². The van der Waals surface area contributed by atoms with Crippen LogP contribution in [0.5, 0.6) is 0 Å². The first-order chi connectivity index (χ1) is 8.32. The molecular weight excluding hydrogens is 230 g/mol. The summed E-state index contributed by atoms with van der Waals surface area (Å²) in [6, 6.07) is 9.30. The molecule has 1 aliphatic heterocycles. The normalized spacial score (nSPS) is 22.3. The fraction of sp³-hybridized carbons (Fsp3) is 0.429. The van der Waals surface area contributed by atoms with Gasteiger partial charge in [-0.15, -0.1) is 0 Å². The molecule has 1 heterocycles. The van der Waals surface area contributed by atoms with Crippen LogP contribution in [0.4, 0.5) is 4.39 Å². The summed E-state index contributed by atoms with van der Waals surface area (Å²) in [5.74, 6) is 0. The van der Waals surface area contributed by atoms with Gasteiger partial charge in [0, 0.05) is 0 Å². The zero-order valence-electron chi connectivity index (χ0n) is 11.2. The Labute approximate surface area is 108 Å². The first-order valence-corrected chi connectivity index (χ1v) is 6.10. The van der Waals surface area contributed by atoms with E-state index in [1.54, 1.807) is 0 Å². The lowest BCUT2D eigenvalue weighted by molar-refractivity contribution is 0.00578. The molecule has 1 aromatic rings. The maximum absolute atomic E-state index is 14.1. The Morgan fingerprint density at radius 1 is 1.06 bits per heavy atom. The minimum atomic E-state index is -0.921. The quantitative estimate of drug-likeness (QED) is 0.744. The summed E-state index contributed by atoms with van der Waals surface area (Å²) in [5.41, 5.74) is -0.636. The molecule has 0 spiro atoms. The molecule has 0 N–H and O–H groups in total. The Balaban J connectivity index is 2.18. The monoisotopic (exact) mass is 248 g/mol. The average Bonchev–Trinajstić information content (AvgIpc) is 2.50. The maximum atomic E-state index is 14.1. The summed E-state index contributed by atoms with van der Waals surface area (Å²) < 4.78 is 25.4. The highest BCUT2D eigenvalue weighted by Crippen LogP contribution is 2.38. The van der Waals surface area contributed by atoms with E-state index in [0.29, 0.717) is 0 Å². The van der Waals surface area contributed by atoms with Gasteiger partial charge in [0.05, 0.1) is 11.2 Å². The second-order valence-electron chi connectivity index (χ2n) is 5.53. The van der Waals surface area contributed by atoms with Crippen LogP contribution in [0, 0.1) is 0 Å². The van der Waals surface area contributed by atoms with Gasteiger partial charge >= 0.3 is 7.12 Å². The van der Waals surface area contributed by atoms with Gasteiger partial charge in [0.1, 0.15) is 5.73 Å². The molecule has 18 heavy (non-hydrogen) atoms. The lowest BCUT2D eigenvalue weighted by atomic mass is 9.87. The summed E-state index contributed by atoms with van der Waals surface area (Å²) in [4.78, 5) is 0. The Bertz CT molecular complexity index is 438. The fourth-order valence-corrected chi connectivity index (χ4v) is 1.73. The van der Waals surface area contributed by atoms with E-state index in [0.717, 1.165) is 5.56 Å². The van der Waals surface area contributed by atoms with Gasteiger partial charge in [-0.1, -0.05) is 30.3 Å². The molecule has 0 saturated carbocycles. The van der Waals surface area contributed by atoms with Gasteiger partial charge in [0.15, 0.2) is 0 Å². The molecule has 0 aromatic heterocycles. The molecule has 0 unspecified atom stereocenters. The SMILES string of the molecule is CC1(C)OB(C(F)=Cc2ccccc2)OC1(C)C. The Kier molecular flexibility index (Phi) is 3.34. The largest absolute Gasteiger partial charge is 0.525 e. The van der Waals surface area contributed by atoms with Crippen LogP contribution in [0.3, 0.4) is 0 Å². The molecule has 0 aliphatic carbocycles. The van der Waals surface area contributed by atoms with Gasteiger partial charge in [0.2, 0.25) is 0 Å². The molecule has 0 atom stereocenters. The summed E-state index contributed by atoms with van der Waals surface area (Å²) in [6.45, 7) is 7.62. The molecule has 1 aromatic carbocycles. The predicted molar refractivity (Wildman–Crippen MR) is 71.6 cm³/mol. The average molecular weight is 248 g/mol. The van der Waals surface area contributed by atoms with Crippen molar-refractivity contribution in [2.24, 2.45) is 0 Å². The zero-order chi connectivity index (χ0) is 13.4. The molecule has 0 amide bonds. The number of benzene rings is 1. The van der Waals surface area contributed by atoms with Crippen LogP contribution < -0.4 is 0 Å². The van der Waals surface area contributed by atoms with E-state index >= 15 is 0 Å². The highest BCUT2D eigenvalue weighted by molar-refractivity contribution is 6.54. The van der Waals surface area contributed by atoms with Crippen LogP contribution in [0.2, 0.25) is 0 Å². The van der Waals surface area contributed by atoms with E-state index in [-0.39, 0.29) is 0 Å². The Morgan fingerprint density at radius 3 is 2.06 bits per heavy atom. The van der Waals surface area contributed by atoms with Gasteiger partial charge in [-0.25, -0.2) is 4.39 Å². The van der Waals surface area contributed by atoms with Crippen molar-refractivity contribution in [2.45, 2.75) is 38.9 Å². The van der Waals surface area contributed by atoms with E-state index in [9.17, 15) is 4.39 Å². The van der Waals surface area contributed by atoms with Crippen LogP contribution in [0.1, 0.15) is 33.3 Å². The van der Waals surface area contributed by atoms with E-state index in [1.807, 2.05) is 58.0 Å². The van der Waals surface area contributed by atoms with Crippen molar-refractivity contribution in [3.8, 4) is 0 Å². The van der Waals surface area contributed by atoms with E-state index < -0.39 is 24.0 Å². The van der Waals surface area contributed by atoms with Crippen LogP contribution >= 0.6 is 0 Å². The lowest BCUT2D eigenvalue weighted by Crippen LogP contribution is -2.41. The second kappa shape index (κ2) is 4.52. The van der Waals surface area contributed by atoms with Crippen molar-refractivity contribution in [2.75, 3.05) is 0 Å². The van der Waals surface area contributed by atoms with Crippen LogP contribution in [0.25, 0.3) is 6.08 Å². The van der Waals surface area contributed by atoms with Crippen LogP contribution in [-0.2, 0) is 9.31 Å². The molecule has 0 radical (unpaired) electrons. The van der Waals surface area contributed by atoms with Crippen molar-refractivity contribution in [3.63, 3.8) is 0 Å². The first kappa shape index (κ1) is 13.3. The number of rotatable bonds is 2. The third kappa shape index (κ3) is 2.50. The number of hydrogen-bond acceptors (Lipinski definition) is 2. The standard InChI is InChI=1S/C14H18BFO2/c1-13(2)14(3,4)18-15(17-13)12(16)10-11-8-6-5-7-9-11/h5-10H,1-4H3. The number of hydrogen-bond donors (Lipinski definition) is 0. The molecule has 96 valence electrons. The fourth-order valence-electron chi connectivity index (χ4n) is 1.73. The first-order valence-electron chi connectivity index (χ1n) is 6.10. The smallest absolute Gasteiger partial charge is 0.398 e. The molecule has 4 heteroatoms. The minimum absolute atomic E-state index is 0.403. The van der Waals surface area contributed by atoms with Crippen LogP contribution in [0.15, 0.2) is 36.1 Å². The maximum Gasteiger partial charge on any atom is 0.525 e. The third-order valence-electron chi connectivity index (χ3n) is 3.58. The van der Waals surface area contributed by atoms with Crippen molar-refractivity contribution in [1.29, 1.82) is 0 Å². The molecule has 2 nitrogen and oxygen atoms in total. The lowest BCUT2D eigenvalue weighted by Gasteiger charge is -2.32. The van der Waals surface area contributed by atoms with Crippen LogP contribution in [-0.4, -0.2) is 18.3 Å². The van der Waals surface area contributed by atoms with E-state index in [4.69, 9.17) is 9.31 Å². The number of halogens is 1. The summed E-state index contributed by atoms with van der Waals surface area (Å²) >= 11 is 0. The highest BCUT2D eigenvalue weighted by atomic mass is 19.1. The summed E-state index contributed by atoms with van der Waals surface area (Å²) in [5, 5.41) is 0. The third-order valence-corrected chi connectivity index (χ3v) is 3.58. The molecule has 1 aliphatic rings.